The first-order chi connectivity index (χ1) is 45.6. The standard InChI is InChI=1S/C73H97N9O12/c1-9-15-24-49(12-4)43-89-68(83)53-33-56(59(39-74)63(36-53)80-27-18-19-28-80)61(41-76)71(86)92-46-52(47-93-72(87)62(42-77)57-34-54(69(84)90-44-50(13-5)25-16-10-2)37-64(60(57)40-75)81-29-20-21-30-81)48-94-73(88)67(79-8)58-35-55(70(85)91-45-51(14-6)26-17-11-3)38-65(66(58)78-7)82-31-22-23-32-82/h49-55H,9-38,43-48H2,1-6H3/b61-56+,62-57+,67-58-. The number of hydrogen-bond donors (Lipinski definition) is 0. The number of hydrogen-bond acceptors (Lipinski definition) is 19. The van der Waals surface area contributed by atoms with E-state index in [0.717, 1.165) is 116 Å². The predicted octanol–water partition coefficient (Wildman–Crippen LogP) is 12.5. The lowest BCUT2D eigenvalue weighted by Crippen LogP contribution is -2.32. The molecule has 6 unspecified atom stereocenters. The highest BCUT2D eigenvalue weighted by molar-refractivity contribution is 5.97. The largest absolute Gasteiger partial charge is 0.470 e. The van der Waals surface area contributed by atoms with Crippen LogP contribution in [-0.4, -0.2) is 129 Å². The minimum Gasteiger partial charge on any atom is -0.470 e. The molecule has 0 saturated carbocycles. The van der Waals surface area contributed by atoms with Crippen molar-refractivity contribution in [2.75, 3.05) is 78.9 Å². The highest BCUT2D eigenvalue weighted by Crippen LogP contribution is 2.43. The third kappa shape index (κ3) is 20.1. The van der Waals surface area contributed by atoms with Crippen LogP contribution in [0.1, 0.15) is 196 Å². The van der Waals surface area contributed by atoms with Gasteiger partial charge in [-0.25, -0.2) is 19.3 Å². The number of nitriles is 4. The van der Waals surface area contributed by atoms with Crippen molar-refractivity contribution >= 4 is 35.8 Å². The highest BCUT2D eigenvalue weighted by atomic mass is 16.6. The lowest BCUT2D eigenvalue weighted by atomic mass is 9.81. The molecule has 3 aliphatic carbocycles. The summed E-state index contributed by atoms with van der Waals surface area (Å²) in [6, 6.07) is 8.29. The van der Waals surface area contributed by atoms with Gasteiger partial charge in [0.2, 0.25) is 0 Å². The van der Waals surface area contributed by atoms with Gasteiger partial charge in [-0.3, -0.25) is 19.2 Å². The summed E-state index contributed by atoms with van der Waals surface area (Å²) in [7, 11) is 0. The minimum atomic E-state index is -1.30. The Morgan fingerprint density at radius 2 is 0.766 bits per heavy atom. The Morgan fingerprint density at radius 1 is 0.447 bits per heavy atom. The van der Waals surface area contributed by atoms with Crippen LogP contribution < -0.4 is 0 Å². The molecule has 0 spiro atoms. The van der Waals surface area contributed by atoms with Crippen LogP contribution in [-0.2, 0) is 57.2 Å². The van der Waals surface area contributed by atoms with Gasteiger partial charge in [-0.05, 0) is 118 Å². The number of ether oxygens (including phenoxy) is 6. The molecule has 3 saturated heterocycles. The second kappa shape index (κ2) is 38.7. The molecule has 0 N–H and O–H groups in total. The lowest BCUT2D eigenvalue weighted by molar-refractivity contribution is -0.151. The fraction of sp³-hybridized carbons (Fsp3) is 0.671. The van der Waals surface area contributed by atoms with Gasteiger partial charge < -0.3 is 43.1 Å². The molecule has 0 aromatic rings. The first-order valence-electron chi connectivity index (χ1n) is 34.6. The summed E-state index contributed by atoms with van der Waals surface area (Å²) < 4.78 is 35.4. The Morgan fingerprint density at radius 3 is 1.07 bits per heavy atom. The predicted molar refractivity (Wildman–Crippen MR) is 348 cm³/mol. The number of unbranched alkanes of at least 4 members (excludes halogenated alkanes) is 3. The van der Waals surface area contributed by atoms with Crippen molar-refractivity contribution in [3.8, 4) is 24.3 Å². The van der Waals surface area contributed by atoms with Crippen molar-refractivity contribution in [2.24, 2.45) is 41.4 Å². The quantitative estimate of drug-likeness (QED) is 0.0194. The third-order valence-electron chi connectivity index (χ3n) is 19.4. The average Bonchev–Trinajstić information content (AvgIpc) is 1.15. The van der Waals surface area contributed by atoms with E-state index in [0.29, 0.717) is 56.4 Å². The SMILES string of the molecule is [C-]#[N+]C1=C(N2CCCC2)CC(C(=O)OCC(CC)CCCC)C/C1=C(/[N+]#[C-])C(=O)OCC(COC(=O)/C(C#N)=C1\CC(C(=O)OCC(CC)CCCC)CC(N2CCCC2)=C1C#N)COC(=O)/C(C#N)=C1\CC(C(=O)OCC(CC)CCCC)CC(N2CCCC2)=C1C#N. The molecule has 6 atom stereocenters. The molecule has 94 heavy (non-hydrogen) atoms. The molecule has 21 heteroatoms. The van der Waals surface area contributed by atoms with Gasteiger partial charge in [0.05, 0.1) is 74.4 Å². The van der Waals surface area contributed by atoms with Crippen molar-refractivity contribution in [3.63, 3.8) is 0 Å². The van der Waals surface area contributed by atoms with Gasteiger partial charge in [0.1, 0.15) is 48.6 Å². The van der Waals surface area contributed by atoms with E-state index in [-0.39, 0.29) is 110 Å². The van der Waals surface area contributed by atoms with Gasteiger partial charge >= 0.3 is 35.8 Å². The monoisotopic (exact) mass is 1290 g/mol. The summed E-state index contributed by atoms with van der Waals surface area (Å²) in [5, 5.41) is 43.2. The summed E-state index contributed by atoms with van der Waals surface area (Å²) in [6.45, 7) is 31.1. The number of carbonyl (C=O) groups excluding carboxylic acids is 6. The molecule has 0 amide bonds. The van der Waals surface area contributed by atoms with Crippen LogP contribution in [0.2, 0.25) is 0 Å². The number of nitrogens with zero attached hydrogens (tertiary/aromatic N) is 9. The van der Waals surface area contributed by atoms with Crippen LogP contribution >= 0.6 is 0 Å². The van der Waals surface area contributed by atoms with Crippen LogP contribution in [0.3, 0.4) is 0 Å². The van der Waals surface area contributed by atoms with Crippen LogP contribution in [0.5, 0.6) is 0 Å². The van der Waals surface area contributed by atoms with E-state index >= 15 is 0 Å². The van der Waals surface area contributed by atoms with E-state index in [9.17, 15) is 49.8 Å². The van der Waals surface area contributed by atoms with Crippen LogP contribution in [0, 0.1) is 99.9 Å². The van der Waals surface area contributed by atoms with E-state index in [2.05, 4.69) is 42.6 Å². The van der Waals surface area contributed by atoms with Crippen LogP contribution in [0.15, 0.2) is 67.5 Å². The van der Waals surface area contributed by atoms with Gasteiger partial charge in [0, 0.05) is 69.2 Å². The summed E-state index contributed by atoms with van der Waals surface area (Å²) in [4.78, 5) is 99.1. The number of carbonyl (C=O) groups is 6. The Bertz CT molecular complexity index is 2850. The van der Waals surface area contributed by atoms with Gasteiger partial charge in [0.15, 0.2) is 5.70 Å². The molecule has 6 aliphatic rings. The van der Waals surface area contributed by atoms with E-state index in [1.165, 1.54) is 0 Å². The molecule has 506 valence electrons. The highest BCUT2D eigenvalue weighted by Gasteiger charge is 2.41. The molecular weight excluding hydrogens is 1190 g/mol. The van der Waals surface area contributed by atoms with Crippen molar-refractivity contribution in [1.29, 1.82) is 21.0 Å². The minimum absolute atomic E-state index is 0.00422. The molecule has 3 heterocycles. The third-order valence-corrected chi connectivity index (χ3v) is 19.4. The molecule has 3 fully saturated rings. The first kappa shape index (κ1) is 74.6. The van der Waals surface area contributed by atoms with Gasteiger partial charge in [-0.15, -0.1) is 0 Å². The molecule has 0 bridgehead atoms. The zero-order valence-electron chi connectivity index (χ0n) is 56.4. The average molecular weight is 1290 g/mol. The maximum Gasteiger partial charge on any atom is 0.349 e. The first-order valence-corrected chi connectivity index (χ1v) is 34.6. The maximum atomic E-state index is 14.6. The zero-order valence-corrected chi connectivity index (χ0v) is 56.4. The van der Waals surface area contributed by atoms with E-state index in [4.69, 9.17) is 41.6 Å². The van der Waals surface area contributed by atoms with Gasteiger partial charge in [-0.1, -0.05) is 99.3 Å². The van der Waals surface area contributed by atoms with Crippen LogP contribution in [0.4, 0.5) is 0 Å². The van der Waals surface area contributed by atoms with E-state index in [1.807, 2.05) is 47.6 Å². The van der Waals surface area contributed by atoms with Crippen molar-refractivity contribution in [3.05, 3.63) is 90.3 Å². The molecule has 3 aliphatic heterocycles. The van der Waals surface area contributed by atoms with Crippen molar-refractivity contribution in [2.45, 2.75) is 196 Å². The Hall–Kier alpha value is -8.40. The molecular formula is C73H97N9O12. The second-order valence-corrected chi connectivity index (χ2v) is 25.8. The fourth-order valence-electron chi connectivity index (χ4n) is 13.4. The fourth-order valence-corrected chi connectivity index (χ4v) is 13.4. The molecule has 0 aromatic carbocycles. The van der Waals surface area contributed by atoms with Crippen LogP contribution in [0.25, 0.3) is 9.69 Å². The summed E-state index contributed by atoms with van der Waals surface area (Å²) in [5.41, 5.74) is 0.0376. The number of rotatable bonds is 33. The topological polar surface area (TPSA) is 271 Å². The van der Waals surface area contributed by atoms with Gasteiger partial charge in [0.25, 0.3) is 5.70 Å². The number of likely N-dealkylation sites (tertiary alicyclic amines) is 3. The molecule has 21 nitrogen and oxygen atoms in total. The zero-order chi connectivity index (χ0) is 68.1. The molecule has 0 aromatic heterocycles. The summed E-state index contributed by atoms with van der Waals surface area (Å²) in [5.74, 6) is -8.58. The Balaban J connectivity index is 1.36. The Kier molecular flexibility index (Phi) is 30.7. The maximum absolute atomic E-state index is 14.6. The smallest absolute Gasteiger partial charge is 0.349 e. The normalized spacial score (nSPS) is 21.8. The van der Waals surface area contributed by atoms with E-state index < -0.39 is 96.2 Å². The van der Waals surface area contributed by atoms with Crippen molar-refractivity contribution in [1.82, 2.24) is 14.7 Å². The summed E-state index contributed by atoms with van der Waals surface area (Å²) >= 11 is 0. The second-order valence-electron chi connectivity index (χ2n) is 25.8. The van der Waals surface area contributed by atoms with Crippen molar-refractivity contribution < 1.29 is 57.2 Å². The summed E-state index contributed by atoms with van der Waals surface area (Å²) in [6.07, 6.45) is 15.8. The Labute approximate surface area is 557 Å². The molecule has 6 rings (SSSR count). The number of esters is 6. The number of allylic oxidation sites excluding steroid dienone is 8. The lowest BCUT2D eigenvalue weighted by Gasteiger charge is -2.32. The van der Waals surface area contributed by atoms with E-state index in [1.54, 1.807) is 0 Å². The van der Waals surface area contributed by atoms with Gasteiger partial charge in [-0.2, -0.15) is 21.0 Å². The molecule has 0 radical (unpaired) electrons.